The number of tetrazole rings is 1. The average molecular weight is 344 g/mol. The van der Waals surface area contributed by atoms with Crippen LogP contribution in [0.4, 0.5) is 0 Å². The molecule has 126 valence electrons. The van der Waals surface area contributed by atoms with E-state index in [1.54, 1.807) is 25.0 Å². The fourth-order valence-electron chi connectivity index (χ4n) is 3.27. The summed E-state index contributed by atoms with van der Waals surface area (Å²) in [5.74, 6) is 0.653. The van der Waals surface area contributed by atoms with E-state index in [0.717, 1.165) is 22.6 Å². The summed E-state index contributed by atoms with van der Waals surface area (Å²) in [5.41, 5.74) is 3.06. The summed E-state index contributed by atoms with van der Waals surface area (Å²) < 4.78 is 1.53. The van der Waals surface area contributed by atoms with Crippen LogP contribution in [0.15, 0.2) is 49.6 Å². The summed E-state index contributed by atoms with van der Waals surface area (Å²) in [4.78, 5) is 17.0. The molecule has 4 aromatic rings. The molecule has 0 saturated carbocycles. The van der Waals surface area contributed by atoms with E-state index in [1.165, 1.54) is 11.0 Å². The standard InChI is InChI=1S/C16H12N10/c1-4-16(13-2-5-17-8-19-13,14-3-6-18-9-20-14)7-12-11(1)15(23-22-12)26-10-21-24-25-26/h1-6,8-10H,7H2,(H,22,23). The fraction of sp³-hybridized carbons (Fsp3) is 0.125. The Bertz CT molecular complexity index is 1010. The van der Waals surface area contributed by atoms with Gasteiger partial charge in [-0.1, -0.05) is 12.2 Å². The Labute approximate surface area is 147 Å². The molecule has 1 N–H and O–H groups in total. The molecule has 10 nitrogen and oxygen atoms in total. The molecule has 0 aliphatic heterocycles. The molecule has 0 bridgehead atoms. The number of nitrogens with zero attached hydrogens (tertiary/aromatic N) is 9. The third-order valence-corrected chi connectivity index (χ3v) is 4.50. The molecule has 0 saturated heterocycles. The summed E-state index contributed by atoms with van der Waals surface area (Å²) in [5, 5.41) is 18.7. The first-order chi connectivity index (χ1) is 12.9. The van der Waals surface area contributed by atoms with Crippen molar-refractivity contribution in [3.8, 4) is 5.82 Å². The normalized spacial score (nSPS) is 14.9. The number of nitrogens with one attached hydrogen (secondary N) is 1. The van der Waals surface area contributed by atoms with Crippen molar-refractivity contribution in [1.82, 2.24) is 50.3 Å². The van der Waals surface area contributed by atoms with Crippen LogP contribution >= 0.6 is 0 Å². The Kier molecular flexibility index (Phi) is 3.14. The number of hydrogen-bond donors (Lipinski definition) is 1. The summed E-state index contributed by atoms with van der Waals surface area (Å²) in [6, 6.07) is 3.80. The topological polar surface area (TPSA) is 124 Å². The van der Waals surface area contributed by atoms with Gasteiger partial charge in [-0.15, -0.1) is 5.10 Å². The molecular weight excluding hydrogens is 332 g/mol. The molecule has 1 aliphatic rings. The molecule has 0 fully saturated rings. The van der Waals surface area contributed by atoms with Crippen LogP contribution in [-0.2, 0) is 11.8 Å². The van der Waals surface area contributed by atoms with Crippen LogP contribution in [0.5, 0.6) is 0 Å². The van der Waals surface area contributed by atoms with Crippen molar-refractivity contribution in [2.24, 2.45) is 0 Å². The number of rotatable bonds is 3. The Morgan fingerprint density at radius 2 is 1.81 bits per heavy atom. The van der Waals surface area contributed by atoms with E-state index in [0.29, 0.717) is 12.2 Å². The van der Waals surface area contributed by atoms with Gasteiger partial charge < -0.3 is 0 Å². The van der Waals surface area contributed by atoms with E-state index in [-0.39, 0.29) is 0 Å². The zero-order chi connectivity index (χ0) is 17.4. The minimum absolute atomic E-state index is 0.538. The van der Waals surface area contributed by atoms with Crippen LogP contribution in [0.25, 0.3) is 11.9 Å². The molecule has 0 radical (unpaired) electrons. The van der Waals surface area contributed by atoms with Gasteiger partial charge in [0.15, 0.2) is 5.82 Å². The van der Waals surface area contributed by atoms with Gasteiger partial charge in [0.25, 0.3) is 0 Å². The molecular formula is C16H12N10. The van der Waals surface area contributed by atoms with Crippen LogP contribution in [-0.4, -0.2) is 50.3 Å². The molecule has 0 spiro atoms. The highest BCUT2D eigenvalue weighted by Gasteiger charge is 2.39. The molecule has 0 atom stereocenters. The number of aromatic nitrogens is 10. The zero-order valence-electron chi connectivity index (χ0n) is 13.4. The molecule has 4 aromatic heterocycles. The van der Waals surface area contributed by atoms with Gasteiger partial charge in [-0.3, -0.25) is 5.10 Å². The number of aromatic amines is 1. The first kappa shape index (κ1) is 14.5. The predicted molar refractivity (Wildman–Crippen MR) is 88.9 cm³/mol. The van der Waals surface area contributed by atoms with Crippen LogP contribution in [0.1, 0.15) is 22.6 Å². The van der Waals surface area contributed by atoms with Gasteiger partial charge in [-0.2, -0.15) is 9.78 Å². The summed E-state index contributed by atoms with van der Waals surface area (Å²) in [7, 11) is 0. The minimum Gasteiger partial charge on any atom is -0.280 e. The number of fused-ring (bicyclic) bond motifs is 1. The summed E-state index contributed by atoms with van der Waals surface area (Å²) in [6.07, 6.45) is 12.8. The second-order valence-corrected chi connectivity index (χ2v) is 5.86. The lowest BCUT2D eigenvalue weighted by molar-refractivity contribution is 0.578. The lowest BCUT2D eigenvalue weighted by Crippen LogP contribution is -2.32. The Balaban J connectivity index is 1.67. The van der Waals surface area contributed by atoms with Gasteiger partial charge in [0.05, 0.1) is 16.8 Å². The molecule has 0 aromatic carbocycles. The summed E-state index contributed by atoms with van der Waals surface area (Å²) in [6.45, 7) is 0. The minimum atomic E-state index is -0.538. The zero-order valence-corrected chi connectivity index (χ0v) is 13.4. The third-order valence-electron chi connectivity index (χ3n) is 4.50. The molecule has 0 amide bonds. The first-order valence-electron chi connectivity index (χ1n) is 7.90. The van der Waals surface area contributed by atoms with Crippen molar-refractivity contribution in [3.63, 3.8) is 0 Å². The highest BCUT2D eigenvalue weighted by atomic mass is 15.5. The maximum Gasteiger partial charge on any atom is 0.185 e. The van der Waals surface area contributed by atoms with Crippen molar-refractivity contribution in [3.05, 3.63) is 72.2 Å². The SMILES string of the molecule is C1=CC(c2ccncn2)(c2ccncn2)Cc2[nH]nc(-n3cnnn3)c21. The van der Waals surface area contributed by atoms with Gasteiger partial charge in [-0.05, 0) is 22.6 Å². The van der Waals surface area contributed by atoms with Gasteiger partial charge in [0, 0.05) is 30.1 Å². The second-order valence-electron chi connectivity index (χ2n) is 5.86. The fourth-order valence-corrected chi connectivity index (χ4v) is 3.27. The van der Waals surface area contributed by atoms with Crippen molar-refractivity contribution in [2.75, 3.05) is 0 Å². The Morgan fingerprint density at radius 3 is 2.42 bits per heavy atom. The van der Waals surface area contributed by atoms with Crippen LogP contribution in [0.2, 0.25) is 0 Å². The van der Waals surface area contributed by atoms with Gasteiger partial charge in [-0.25, -0.2) is 19.9 Å². The summed E-state index contributed by atoms with van der Waals surface area (Å²) >= 11 is 0. The second kappa shape index (κ2) is 5.62. The van der Waals surface area contributed by atoms with Crippen LogP contribution in [0.3, 0.4) is 0 Å². The molecule has 1 aliphatic carbocycles. The number of allylic oxidation sites excluding steroid dienone is 1. The first-order valence-corrected chi connectivity index (χ1v) is 7.90. The van der Waals surface area contributed by atoms with Crippen molar-refractivity contribution in [2.45, 2.75) is 11.8 Å². The van der Waals surface area contributed by atoms with Gasteiger partial charge in [0.1, 0.15) is 19.0 Å². The Hall–Kier alpha value is -3.82. The molecule has 0 unspecified atom stereocenters. The monoisotopic (exact) mass is 344 g/mol. The number of H-pyrrole nitrogens is 1. The van der Waals surface area contributed by atoms with E-state index in [9.17, 15) is 0 Å². The smallest absolute Gasteiger partial charge is 0.185 e. The maximum absolute atomic E-state index is 4.49. The van der Waals surface area contributed by atoms with Crippen molar-refractivity contribution in [1.29, 1.82) is 0 Å². The highest BCUT2D eigenvalue weighted by molar-refractivity contribution is 5.66. The quantitative estimate of drug-likeness (QED) is 0.570. The van der Waals surface area contributed by atoms with E-state index in [4.69, 9.17) is 0 Å². The Morgan fingerprint density at radius 1 is 1.04 bits per heavy atom. The van der Waals surface area contributed by atoms with Gasteiger partial charge >= 0.3 is 0 Å². The average Bonchev–Trinajstić information content (AvgIpc) is 3.38. The molecule has 5 rings (SSSR count). The van der Waals surface area contributed by atoms with Gasteiger partial charge in [0.2, 0.25) is 0 Å². The largest absolute Gasteiger partial charge is 0.280 e. The van der Waals surface area contributed by atoms with Crippen molar-refractivity contribution < 1.29 is 0 Å². The van der Waals surface area contributed by atoms with Crippen LogP contribution in [0, 0.1) is 0 Å². The van der Waals surface area contributed by atoms with Crippen molar-refractivity contribution >= 4 is 6.08 Å². The third kappa shape index (κ3) is 2.12. The number of hydrogen-bond acceptors (Lipinski definition) is 8. The van der Waals surface area contributed by atoms with E-state index < -0.39 is 5.41 Å². The lowest BCUT2D eigenvalue weighted by atomic mass is 9.73. The molecule has 10 heteroatoms. The maximum atomic E-state index is 4.49. The van der Waals surface area contributed by atoms with E-state index in [2.05, 4.69) is 51.7 Å². The highest BCUT2D eigenvalue weighted by Crippen LogP contribution is 2.40. The molecule has 4 heterocycles. The predicted octanol–water partition coefficient (Wildman–Crippen LogP) is 0.521. The van der Waals surface area contributed by atoms with E-state index in [1.807, 2.05) is 18.2 Å². The molecule has 26 heavy (non-hydrogen) atoms. The van der Waals surface area contributed by atoms with Crippen LogP contribution < -0.4 is 0 Å². The van der Waals surface area contributed by atoms with E-state index >= 15 is 0 Å². The lowest BCUT2D eigenvalue weighted by Gasteiger charge is -2.31.